The first-order chi connectivity index (χ1) is 10.7. The Hall–Kier alpha value is 0.880. The summed E-state index contributed by atoms with van der Waals surface area (Å²) in [5.74, 6) is 0. The van der Waals surface area contributed by atoms with Crippen LogP contribution in [0.1, 0.15) is 90.9 Å². The van der Waals surface area contributed by atoms with Crippen LogP contribution in [0, 0.1) is 0 Å². The van der Waals surface area contributed by atoms with Crippen LogP contribution < -0.4 is 5.14 Å². The van der Waals surface area contributed by atoms with Gasteiger partial charge in [-0.25, -0.2) is 0 Å². The second kappa shape index (κ2) is 16.7. The molecule has 0 fully saturated rings. The second-order valence-corrected chi connectivity index (χ2v) is 11.6. The summed E-state index contributed by atoms with van der Waals surface area (Å²) in [5, 5.41) is 5.68. The molecular formula is C16H36NO2PS2. The Balaban J connectivity index is 3.57. The third-order valence-corrected chi connectivity index (χ3v) is 7.69. The lowest BCUT2D eigenvalue weighted by Gasteiger charge is -2.19. The zero-order valence-corrected chi connectivity index (χ0v) is 17.1. The summed E-state index contributed by atoms with van der Waals surface area (Å²) in [4.78, 5) is 0. The highest BCUT2D eigenvalue weighted by molar-refractivity contribution is 8.67. The third kappa shape index (κ3) is 14.5. The summed E-state index contributed by atoms with van der Waals surface area (Å²) in [7, 11) is 0. The van der Waals surface area contributed by atoms with Crippen LogP contribution in [0.15, 0.2) is 0 Å². The van der Waals surface area contributed by atoms with Gasteiger partial charge in [-0.1, -0.05) is 78.1 Å². The molecule has 0 bridgehead atoms. The minimum atomic E-state index is -2.30. The topological polar surface area (TPSA) is 44.5 Å². The van der Waals surface area contributed by atoms with Gasteiger partial charge in [0.15, 0.2) is 0 Å². The van der Waals surface area contributed by atoms with Gasteiger partial charge in [0, 0.05) is 11.6 Å². The first-order valence-electron chi connectivity index (χ1n) is 8.96. The van der Waals surface area contributed by atoms with Crippen molar-refractivity contribution in [3.63, 3.8) is 0 Å². The van der Waals surface area contributed by atoms with E-state index in [0.29, 0.717) is 13.2 Å². The number of unbranched alkanes of at least 4 members (excludes halogenated alkanes) is 10. The van der Waals surface area contributed by atoms with E-state index in [-0.39, 0.29) is 0 Å². The van der Waals surface area contributed by atoms with E-state index in [1.807, 2.05) is 0 Å². The van der Waals surface area contributed by atoms with Gasteiger partial charge in [-0.15, -0.1) is 0 Å². The Kier molecular flexibility index (Phi) is 17.4. The van der Waals surface area contributed by atoms with E-state index in [1.54, 1.807) is 0 Å². The molecule has 0 aliphatic heterocycles. The zero-order chi connectivity index (χ0) is 16.5. The molecule has 0 unspecified atom stereocenters. The zero-order valence-electron chi connectivity index (χ0n) is 14.6. The molecule has 0 rings (SSSR count). The maximum atomic E-state index is 5.77. The first-order valence-corrected chi connectivity index (χ1v) is 13.1. The summed E-state index contributed by atoms with van der Waals surface area (Å²) >= 11 is 6.54. The highest BCUT2D eigenvalue weighted by Gasteiger charge is 2.17. The molecule has 6 heteroatoms. The summed E-state index contributed by atoms with van der Waals surface area (Å²) in [5.41, 5.74) is -2.30. The van der Waals surface area contributed by atoms with Crippen LogP contribution in [-0.4, -0.2) is 13.2 Å². The van der Waals surface area contributed by atoms with Crippen molar-refractivity contribution in [3.05, 3.63) is 0 Å². The largest absolute Gasteiger partial charge is 0.321 e. The Morgan fingerprint density at radius 3 is 1.45 bits per heavy atom. The van der Waals surface area contributed by atoms with Crippen LogP contribution in [-0.2, 0) is 20.9 Å². The molecule has 0 aromatic heterocycles. The molecular weight excluding hydrogens is 333 g/mol. The number of rotatable bonds is 17. The molecule has 0 aliphatic carbocycles. The third-order valence-electron chi connectivity index (χ3n) is 3.62. The van der Waals surface area contributed by atoms with Gasteiger partial charge in [0.25, 0.3) is 5.69 Å². The van der Waals surface area contributed by atoms with E-state index in [1.165, 1.54) is 64.2 Å². The van der Waals surface area contributed by atoms with Gasteiger partial charge in [-0.2, -0.15) is 0 Å². The minimum absolute atomic E-state index is 0.685. The standard InChI is InChI=1S/C16H36NO2PS2/c1-3-5-7-9-11-13-15-18-20(21,22-17)19-16-14-12-10-8-6-4-2/h3-17H2,1-2H3. The predicted molar refractivity (Wildman–Crippen MR) is 105 cm³/mol. The molecule has 0 spiro atoms. The lowest BCUT2D eigenvalue weighted by molar-refractivity contribution is 0.249. The predicted octanol–water partition coefficient (Wildman–Crippen LogP) is 6.57. The molecule has 0 heterocycles. The molecule has 0 aromatic rings. The molecule has 3 nitrogen and oxygen atoms in total. The second-order valence-electron chi connectivity index (χ2n) is 5.75. The van der Waals surface area contributed by atoms with Crippen molar-refractivity contribution in [2.45, 2.75) is 90.9 Å². The maximum Gasteiger partial charge on any atom is 0.262 e. The molecule has 2 N–H and O–H groups in total. The van der Waals surface area contributed by atoms with Gasteiger partial charge in [0.1, 0.15) is 0 Å². The van der Waals surface area contributed by atoms with E-state index in [9.17, 15) is 0 Å². The maximum absolute atomic E-state index is 5.77. The van der Waals surface area contributed by atoms with Crippen molar-refractivity contribution in [2.24, 2.45) is 5.14 Å². The fraction of sp³-hybridized carbons (Fsp3) is 1.00. The molecule has 0 radical (unpaired) electrons. The van der Waals surface area contributed by atoms with Crippen molar-refractivity contribution in [1.82, 2.24) is 0 Å². The average Bonchev–Trinajstić information content (AvgIpc) is 2.53. The van der Waals surface area contributed by atoms with Crippen LogP contribution in [0.3, 0.4) is 0 Å². The number of hydrogen-bond acceptors (Lipinski definition) is 5. The number of nitrogens with two attached hydrogens (primary N) is 1. The van der Waals surface area contributed by atoms with Gasteiger partial charge in [0.2, 0.25) is 0 Å². The Labute approximate surface area is 147 Å². The quantitative estimate of drug-likeness (QED) is 0.178. The number of hydrogen-bond donors (Lipinski definition) is 1. The molecule has 22 heavy (non-hydrogen) atoms. The van der Waals surface area contributed by atoms with E-state index in [4.69, 9.17) is 26.0 Å². The van der Waals surface area contributed by atoms with Crippen molar-refractivity contribution in [1.29, 1.82) is 0 Å². The van der Waals surface area contributed by atoms with Crippen LogP contribution in [0.25, 0.3) is 0 Å². The Morgan fingerprint density at radius 2 is 1.09 bits per heavy atom. The smallest absolute Gasteiger partial charge is 0.262 e. The monoisotopic (exact) mass is 369 g/mol. The van der Waals surface area contributed by atoms with E-state index in [2.05, 4.69) is 13.8 Å². The first kappa shape index (κ1) is 22.9. The molecule has 0 atom stereocenters. The van der Waals surface area contributed by atoms with Crippen molar-refractivity contribution < 1.29 is 9.05 Å². The van der Waals surface area contributed by atoms with Crippen LogP contribution >= 0.6 is 17.3 Å². The minimum Gasteiger partial charge on any atom is -0.321 e. The van der Waals surface area contributed by atoms with Gasteiger partial charge in [0.05, 0.1) is 13.2 Å². The molecule has 0 amide bonds. The fourth-order valence-corrected chi connectivity index (χ4v) is 4.38. The molecule has 0 saturated heterocycles. The molecule has 134 valence electrons. The van der Waals surface area contributed by atoms with Gasteiger partial charge in [-0.3, -0.25) is 5.14 Å². The molecule has 0 saturated carbocycles. The molecule has 0 aromatic carbocycles. The Morgan fingerprint density at radius 1 is 0.727 bits per heavy atom. The van der Waals surface area contributed by atoms with E-state index >= 15 is 0 Å². The summed E-state index contributed by atoms with van der Waals surface area (Å²) in [6.45, 7) is 5.84. The van der Waals surface area contributed by atoms with E-state index < -0.39 is 5.69 Å². The highest BCUT2D eigenvalue weighted by atomic mass is 32.9. The summed E-state index contributed by atoms with van der Waals surface area (Å²) < 4.78 is 11.5. The van der Waals surface area contributed by atoms with Gasteiger partial charge < -0.3 is 9.05 Å². The van der Waals surface area contributed by atoms with Crippen molar-refractivity contribution in [3.8, 4) is 0 Å². The van der Waals surface area contributed by atoms with Gasteiger partial charge >= 0.3 is 0 Å². The highest BCUT2D eigenvalue weighted by Crippen LogP contribution is 2.58. The molecule has 0 aliphatic rings. The van der Waals surface area contributed by atoms with Crippen LogP contribution in [0.5, 0.6) is 0 Å². The SMILES string of the molecule is CCCCCCCCOP(=S)(OCCCCCCCC)SN. The average molecular weight is 370 g/mol. The lowest BCUT2D eigenvalue weighted by Crippen LogP contribution is -1.99. The van der Waals surface area contributed by atoms with Crippen molar-refractivity contribution in [2.75, 3.05) is 13.2 Å². The lowest BCUT2D eigenvalue weighted by atomic mass is 10.1. The Bertz CT molecular complexity index is 259. The summed E-state index contributed by atoms with van der Waals surface area (Å²) in [6, 6.07) is 0. The summed E-state index contributed by atoms with van der Waals surface area (Å²) in [6.07, 6.45) is 15.0. The van der Waals surface area contributed by atoms with Crippen LogP contribution in [0.4, 0.5) is 0 Å². The van der Waals surface area contributed by atoms with Gasteiger partial charge in [-0.05, 0) is 24.6 Å². The normalized spacial score (nSPS) is 12.0. The van der Waals surface area contributed by atoms with E-state index in [0.717, 1.165) is 24.4 Å². The fourth-order valence-electron chi connectivity index (χ4n) is 2.22. The van der Waals surface area contributed by atoms with Crippen molar-refractivity contribution >= 4 is 29.1 Å². The van der Waals surface area contributed by atoms with Crippen LogP contribution in [0.2, 0.25) is 0 Å².